The first kappa shape index (κ1) is 19.1. The average Bonchev–Trinajstić information content (AvgIpc) is 2.46. The minimum atomic E-state index is 0.0999. The fourth-order valence-corrected chi connectivity index (χ4v) is 2.14. The van der Waals surface area contributed by atoms with E-state index in [9.17, 15) is 0 Å². The molecule has 0 spiro atoms. The van der Waals surface area contributed by atoms with E-state index < -0.39 is 0 Å². The summed E-state index contributed by atoms with van der Waals surface area (Å²) >= 11 is 0. The fraction of sp³-hybridized carbons (Fsp3) is 0.929. The normalized spacial score (nSPS) is 13.7. The topological polar surface area (TPSA) is 66.1 Å². The number of ether oxygens (including phenoxy) is 1. The van der Waals surface area contributed by atoms with Crippen LogP contribution in [0.3, 0.4) is 0 Å². The van der Waals surface area contributed by atoms with Crippen LogP contribution in [0.1, 0.15) is 34.1 Å². The van der Waals surface area contributed by atoms with Gasteiger partial charge in [-0.15, -0.1) is 0 Å². The van der Waals surface area contributed by atoms with Gasteiger partial charge in [0, 0.05) is 20.2 Å². The summed E-state index contributed by atoms with van der Waals surface area (Å²) in [6.07, 6.45) is 1.11. The summed E-state index contributed by atoms with van der Waals surface area (Å²) in [5, 5.41) is 0. The second-order valence-electron chi connectivity index (χ2n) is 4.86. The van der Waals surface area contributed by atoms with E-state index in [1.165, 1.54) is 0 Å². The zero-order valence-corrected chi connectivity index (χ0v) is 13.9. The van der Waals surface area contributed by atoms with Crippen molar-refractivity contribution in [1.82, 2.24) is 15.2 Å². The van der Waals surface area contributed by atoms with Crippen LogP contribution in [0, 0.1) is 0 Å². The van der Waals surface area contributed by atoms with E-state index in [4.69, 9.17) is 10.6 Å². The number of aliphatic imine (C=N–C) groups is 1. The Kier molecular flexibility index (Phi) is 11.4. The summed E-state index contributed by atoms with van der Waals surface area (Å²) < 4.78 is 5.10. The quantitative estimate of drug-likeness (QED) is 0.270. The number of methoxy groups -OCH3 is 1. The van der Waals surface area contributed by atoms with Crippen LogP contribution in [0.2, 0.25) is 0 Å². The number of hydrogen-bond donors (Lipinski definition) is 2. The Morgan fingerprint density at radius 1 is 1.20 bits per heavy atom. The highest BCUT2D eigenvalue weighted by Crippen LogP contribution is 1.99. The SMILES string of the molecule is CCN(CC)CCCN(CC)C(=NC(C)COC)NN. The lowest BCUT2D eigenvalue weighted by Gasteiger charge is -2.26. The first-order chi connectivity index (χ1) is 9.62. The molecule has 20 heavy (non-hydrogen) atoms. The number of nitrogens with one attached hydrogen (secondary N) is 1. The van der Waals surface area contributed by atoms with Crippen molar-refractivity contribution in [3.63, 3.8) is 0 Å². The van der Waals surface area contributed by atoms with E-state index in [-0.39, 0.29) is 6.04 Å². The van der Waals surface area contributed by atoms with Gasteiger partial charge < -0.3 is 14.5 Å². The molecule has 0 saturated carbocycles. The van der Waals surface area contributed by atoms with Gasteiger partial charge in [0.05, 0.1) is 12.6 Å². The van der Waals surface area contributed by atoms with Gasteiger partial charge in [-0.3, -0.25) is 5.43 Å². The number of hydrogen-bond acceptors (Lipinski definition) is 4. The average molecular weight is 287 g/mol. The molecule has 0 heterocycles. The predicted octanol–water partition coefficient (Wildman–Crippen LogP) is 0.894. The van der Waals surface area contributed by atoms with E-state index in [0.29, 0.717) is 6.61 Å². The largest absolute Gasteiger partial charge is 0.382 e. The minimum Gasteiger partial charge on any atom is -0.382 e. The van der Waals surface area contributed by atoms with Gasteiger partial charge in [-0.25, -0.2) is 10.8 Å². The third kappa shape index (κ3) is 7.67. The van der Waals surface area contributed by atoms with Gasteiger partial charge in [0.1, 0.15) is 0 Å². The molecule has 0 saturated heterocycles. The number of nitrogens with two attached hydrogens (primary N) is 1. The Morgan fingerprint density at radius 2 is 1.85 bits per heavy atom. The lowest BCUT2D eigenvalue weighted by molar-refractivity contribution is 0.185. The molecule has 0 aromatic carbocycles. The van der Waals surface area contributed by atoms with Crippen molar-refractivity contribution in [1.29, 1.82) is 0 Å². The molecule has 0 aromatic rings. The number of rotatable bonds is 10. The maximum absolute atomic E-state index is 5.60. The lowest BCUT2D eigenvalue weighted by atomic mass is 10.3. The van der Waals surface area contributed by atoms with Crippen LogP contribution in [0.5, 0.6) is 0 Å². The molecule has 1 atom stereocenters. The van der Waals surface area contributed by atoms with Crippen molar-refractivity contribution in [3.05, 3.63) is 0 Å². The van der Waals surface area contributed by atoms with Crippen LogP contribution in [-0.4, -0.2) is 68.2 Å². The minimum absolute atomic E-state index is 0.0999. The summed E-state index contributed by atoms with van der Waals surface area (Å²) in [6, 6.07) is 0.0999. The second-order valence-corrected chi connectivity index (χ2v) is 4.86. The van der Waals surface area contributed by atoms with Crippen LogP contribution in [-0.2, 0) is 4.74 Å². The maximum Gasteiger partial charge on any atom is 0.208 e. The summed E-state index contributed by atoms with van der Waals surface area (Å²) in [4.78, 5) is 9.16. The summed E-state index contributed by atoms with van der Waals surface area (Å²) in [6.45, 7) is 14.3. The molecular weight excluding hydrogens is 254 g/mol. The maximum atomic E-state index is 5.60. The zero-order chi connectivity index (χ0) is 15.4. The van der Waals surface area contributed by atoms with Gasteiger partial charge in [0.15, 0.2) is 0 Å². The highest BCUT2D eigenvalue weighted by Gasteiger charge is 2.10. The molecule has 0 aliphatic carbocycles. The summed E-state index contributed by atoms with van der Waals surface area (Å²) in [7, 11) is 1.68. The van der Waals surface area contributed by atoms with Gasteiger partial charge >= 0.3 is 0 Å². The molecule has 0 fully saturated rings. The molecule has 1 unspecified atom stereocenters. The highest BCUT2D eigenvalue weighted by molar-refractivity contribution is 5.79. The molecule has 3 N–H and O–H groups in total. The first-order valence-corrected chi connectivity index (χ1v) is 7.63. The fourth-order valence-electron chi connectivity index (χ4n) is 2.14. The monoisotopic (exact) mass is 287 g/mol. The molecule has 0 rings (SSSR count). The third-order valence-electron chi connectivity index (χ3n) is 3.36. The van der Waals surface area contributed by atoms with Crippen LogP contribution in [0.15, 0.2) is 4.99 Å². The first-order valence-electron chi connectivity index (χ1n) is 7.63. The standard InChI is InChI=1S/C14H33N5O/c1-6-18(7-2)10-9-11-19(8-3)14(17-15)16-13(4)12-20-5/h13H,6-12,15H2,1-5H3,(H,16,17). The van der Waals surface area contributed by atoms with Crippen molar-refractivity contribution < 1.29 is 4.74 Å². The van der Waals surface area contributed by atoms with E-state index in [1.54, 1.807) is 7.11 Å². The molecule has 0 aliphatic heterocycles. The molecule has 6 nitrogen and oxygen atoms in total. The van der Waals surface area contributed by atoms with Crippen molar-refractivity contribution in [2.75, 3.05) is 46.4 Å². The molecular formula is C14H33N5O. The molecule has 0 amide bonds. The van der Waals surface area contributed by atoms with E-state index in [2.05, 4.69) is 41.0 Å². The van der Waals surface area contributed by atoms with Crippen LogP contribution < -0.4 is 11.3 Å². The van der Waals surface area contributed by atoms with E-state index in [1.807, 2.05) is 6.92 Å². The van der Waals surface area contributed by atoms with E-state index >= 15 is 0 Å². The number of hydrazine groups is 1. The molecule has 0 aliphatic rings. The van der Waals surface area contributed by atoms with Crippen LogP contribution in [0.4, 0.5) is 0 Å². The number of guanidine groups is 1. The Bertz CT molecular complexity index is 256. The molecule has 0 radical (unpaired) electrons. The van der Waals surface area contributed by atoms with E-state index in [0.717, 1.165) is 45.1 Å². The van der Waals surface area contributed by atoms with Crippen molar-refractivity contribution >= 4 is 5.96 Å². The predicted molar refractivity (Wildman–Crippen MR) is 85.7 cm³/mol. The zero-order valence-electron chi connectivity index (χ0n) is 13.9. The Morgan fingerprint density at radius 3 is 2.30 bits per heavy atom. The number of nitrogens with zero attached hydrogens (tertiary/aromatic N) is 3. The Hall–Kier alpha value is -0.850. The van der Waals surface area contributed by atoms with Gasteiger partial charge in [-0.1, -0.05) is 13.8 Å². The molecule has 0 aromatic heterocycles. The van der Waals surface area contributed by atoms with Gasteiger partial charge in [-0.2, -0.15) is 0 Å². The van der Waals surface area contributed by atoms with Crippen molar-refractivity contribution in [3.8, 4) is 0 Å². The highest BCUT2D eigenvalue weighted by atomic mass is 16.5. The van der Waals surface area contributed by atoms with Crippen LogP contribution in [0.25, 0.3) is 0 Å². The molecule has 0 bridgehead atoms. The Labute approximate surface area is 124 Å². The van der Waals surface area contributed by atoms with Crippen LogP contribution >= 0.6 is 0 Å². The summed E-state index contributed by atoms with van der Waals surface area (Å²) in [5.74, 6) is 6.35. The second kappa shape index (κ2) is 11.9. The van der Waals surface area contributed by atoms with Gasteiger partial charge in [0.25, 0.3) is 0 Å². The third-order valence-corrected chi connectivity index (χ3v) is 3.36. The molecule has 6 heteroatoms. The van der Waals surface area contributed by atoms with Gasteiger partial charge in [-0.05, 0) is 39.9 Å². The lowest BCUT2D eigenvalue weighted by Crippen LogP contribution is -2.46. The molecule has 120 valence electrons. The Balaban J connectivity index is 4.39. The van der Waals surface area contributed by atoms with Crippen molar-refractivity contribution in [2.45, 2.75) is 40.2 Å². The van der Waals surface area contributed by atoms with Gasteiger partial charge in [0.2, 0.25) is 5.96 Å². The van der Waals surface area contributed by atoms with Crippen molar-refractivity contribution in [2.24, 2.45) is 10.8 Å². The smallest absolute Gasteiger partial charge is 0.208 e. The summed E-state index contributed by atoms with van der Waals surface area (Å²) in [5.41, 5.74) is 2.72.